The van der Waals surface area contributed by atoms with Crippen molar-refractivity contribution in [3.63, 3.8) is 0 Å². The first kappa shape index (κ1) is 13.4. The Morgan fingerprint density at radius 3 is 2.95 bits per heavy atom. The fraction of sp³-hybridized carbons (Fsp3) is 0.533. The highest BCUT2D eigenvalue weighted by molar-refractivity contribution is 9.10. The van der Waals surface area contributed by atoms with Gasteiger partial charge < -0.3 is 9.84 Å². The van der Waals surface area contributed by atoms with E-state index in [1.807, 2.05) is 12.1 Å². The molecule has 1 saturated carbocycles. The van der Waals surface area contributed by atoms with Crippen LogP contribution in [0.2, 0.25) is 0 Å². The molecular formula is C15H17BrN4O. The number of nitrogens with zero attached hydrogens (tertiary/aromatic N) is 3. The van der Waals surface area contributed by atoms with Gasteiger partial charge in [-0.1, -0.05) is 18.0 Å². The third-order valence-electron chi connectivity index (χ3n) is 4.56. The van der Waals surface area contributed by atoms with Crippen molar-refractivity contribution >= 4 is 15.9 Å². The summed E-state index contributed by atoms with van der Waals surface area (Å²) in [4.78, 5) is 8.84. The Hall–Kier alpha value is -1.27. The van der Waals surface area contributed by atoms with Gasteiger partial charge in [0.2, 0.25) is 11.7 Å². The van der Waals surface area contributed by atoms with Crippen LogP contribution in [0, 0.1) is 5.92 Å². The van der Waals surface area contributed by atoms with E-state index in [9.17, 15) is 0 Å². The van der Waals surface area contributed by atoms with Gasteiger partial charge in [0, 0.05) is 16.7 Å². The molecule has 0 radical (unpaired) electrons. The van der Waals surface area contributed by atoms with Gasteiger partial charge in [0.15, 0.2) is 0 Å². The van der Waals surface area contributed by atoms with Gasteiger partial charge in [-0.2, -0.15) is 4.98 Å². The number of nitrogens with one attached hydrogen (secondary N) is 1. The molecule has 3 unspecified atom stereocenters. The Bertz CT molecular complexity index is 613. The minimum Gasteiger partial charge on any atom is -0.337 e. The summed E-state index contributed by atoms with van der Waals surface area (Å²) in [5.41, 5.74) is 0.739. The van der Waals surface area contributed by atoms with Crippen LogP contribution in [-0.2, 0) is 0 Å². The zero-order chi connectivity index (χ0) is 14.2. The summed E-state index contributed by atoms with van der Waals surface area (Å²) in [5, 5.41) is 7.73. The molecule has 2 aromatic heterocycles. The van der Waals surface area contributed by atoms with Crippen molar-refractivity contribution in [3.8, 4) is 11.5 Å². The number of halogens is 1. The fourth-order valence-electron chi connectivity index (χ4n) is 3.50. The number of rotatable bonds is 2. The summed E-state index contributed by atoms with van der Waals surface area (Å²) in [6.45, 7) is 0. The topological polar surface area (TPSA) is 63.8 Å². The second-order valence-corrected chi connectivity index (χ2v) is 6.84. The highest BCUT2D eigenvalue weighted by atomic mass is 79.9. The summed E-state index contributed by atoms with van der Waals surface area (Å²) in [7, 11) is 0. The summed E-state index contributed by atoms with van der Waals surface area (Å²) in [5.74, 6) is 2.03. The number of aromatic nitrogens is 3. The number of fused-ring (bicyclic) bond motifs is 1. The monoisotopic (exact) mass is 348 g/mol. The zero-order valence-electron chi connectivity index (χ0n) is 11.6. The van der Waals surface area contributed by atoms with E-state index in [4.69, 9.17) is 4.52 Å². The molecule has 5 nitrogen and oxygen atoms in total. The fourth-order valence-corrected chi connectivity index (χ4v) is 3.73. The molecule has 6 heteroatoms. The first-order valence-electron chi connectivity index (χ1n) is 7.51. The predicted molar refractivity (Wildman–Crippen MR) is 81.5 cm³/mol. The smallest absolute Gasteiger partial charge is 0.244 e. The predicted octanol–water partition coefficient (Wildman–Crippen LogP) is 3.49. The van der Waals surface area contributed by atoms with Gasteiger partial charge in [-0.25, -0.2) is 0 Å². The molecule has 1 saturated heterocycles. The first-order chi connectivity index (χ1) is 10.3. The molecular weight excluding hydrogens is 332 g/mol. The van der Waals surface area contributed by atoms with E-state index in [0.29, 0.717) is 17.8 Å². The normalized spacial score (nSPS) is 28.5. The lowest BCUT2D eigenvalue weighted by Crippen LogP contribution is -2.30. The van der Waals surface area contributed by atoms with Crippen LogP contribution >= 0.6 is 15.9 Å². The maximum atomic E-state index is 5.46. The van der Waals surface area contributed by atoms with Crippen LogP contribution in [0.15, 0.2) is 27.3 Å². The van der Waals surface area contributed by atoms with E-state index in [1.54, 1.807) is 6.20 Å². The second kappa shape index (κ2) is 5.50. The molecule has 4 rings (SSSR count). The van der Waals surface area contributed by atoms with Gasteiger partial charge in [-0.05, 0) is 53.2 Å². The molecule has 0 aromatic carbocycles. The van der Waals surface area contributed by atoms with E-state index in [2.05, 4.69) is 36.4 Å². The molecule has 0 bridgehead atoms. The highest BCUT2D eigenvalue weighted by Gasteiger charge is 2.38. The number of pyridine rings is 1. The van der Waals surface area contributed by atoms with E-state index in [0.717, 1.165) is 22.5 Å². The summed E-state index contributed by atoms with van der Waals surface area (Å²) >= 11 is 3.38. The van der Waals surface area contributed by atoms with Crippen LogP contribution in [0.1, 0.15) is 44.0 Å². The Labute approximate surface area is 131 Å². The number of hydrogen-bond donors (Lipinski definition) is 1. The van der Waals surface area contributed by atoms with Crippen molar-refractivity contribution in [2.45, 2.75) is 44.2 Å². The maximum absolute atomic E-state index is 5.46. The van der Waals surface area contributed by atoms with Crippen molar-refractivity contribution in [2.75, 3.05) is 0 Å². The van der Waals surface area contributed by atoms with Gasteiger partial charge in [0.25, 0.3) is 0 Å². The average Bonchev–Trinajstić information content (AvgIpc) is 3.14. The van der Waals surface area contributed by atoms with Crippen LogP contribution in [0.3, 0.4) is 0 Å². The quantitative estimate of drug-likeness (QED) is 0.899. The zero-order valence-corrected chi connectivity index (χ0v) is 13.2. The van der Waals surface area contributed by atoms with E-state index in [1.165, 1.54) is 25.7 Å². The van der Waals surface area contributed by atoms with E-state index >= 15 is 0 Å². The van der Waals surface area contributed by atoms with Gasteiger partial charge in [0.05, 0.1) is 6.04 Å². The molecule has 0 spiro atoms. The molecule has 2 aromatic rings. The third kappa shape index (κ3) is 2.62. The van der Waals surface area contributed by atoms with Crippen molar-refractivity contribution in [1.29, 1.82) is 0 Å². The molecule has 1 N–H and O–H groups in total. The Kier molecular flexibility index (Phi) is 3.51. The second-order valence-electron chi connectivity index (χ2n) is 5.92. The van der Waals surface area contributed by atoms with Crippen LogP contribution in [0.5, 0.6) is 0 Å². The molecule has 0 amide bonds. The molecule has 1 aliphatic carbocycles. The molecule has 2 aliphatic rings. The third-order valence-corrected chi connectivity index (χ3v) is 5.03. The van der Waals surface area contributed by atoms with Crippen molar-refractivity contribution < 1.29 is 4.52 Å². The SMILES string of the molecule is Brc1ccc(-c2noc(C3CC4CCCCC4N3)n2)nc1. The largest absolute Gasteiger partial charge is 0.337 e. The Balaban J connectivity index is 1.53. The average molecular weight is 349 g/mol. The standard InChI is InChI=1S/C15H17BrN4O/c16-10-5-6-12(17-8-10)14-19-15(21-20-14)13-7-9-3-1-2-4-11(9)18-13/h5-6,8-9,11,13,18H,1-4,7H2. The minimum absolute atomic E-state index is 0.204. The number of hydrogen-bond acceptors (Lipinski definition) is 5. The summed E-state index contributed by atoms with van der Waals surface area (Å²) in [6, 6.07) is 4.65. The molecule has 110 valence electrons. The minimum atomic E-state index is 0.204. The molecule has 3 heterocycles. The summed E-state index contributed by atoms with van der Waals surface area (Å²) < 4.78 is 6.41. The lowest BCUT2D eigenvalue weighted by atomic mass is 9.85. The van der Waals surface area contributed by atoms with Crippen molar-refractivity contribution in [1.82, 2.24) is 20.4 Å². The van der Waals surface area contributed by atoms with Crippen molar-refractivity contribution in [3.05, 3.63) is 28.7 Å². The maximum Gasteiger partial charge on any atom is 0.244 e. The molecule has 1 aliphatic heterocycles. The Morgan fingerprint density at radius 1 is 1.24 bits per heavy atom. The van der Waals surface area contributed by atoms with Crippen LogP contribution in [0.4, 0.5) is 0 Å². The van der Waals surface area contributed by atoms with Crippen LogP contribution in [-0.4, -0.2) is 21.2 Å². The highest BCUT2D eigenvalue weighted by Crippen LogP contribution is 2.38. The van der Waals surface area contributed by atoms with Gasteiger partial charge in [-0.3, -0.25) is 4.98 Å². The van der Waals surface area contributed by atoms with Crippen molar-refractivity contribution in [2.24, 2.45) is 5.92 Å². The van der Waals surface area contributed by atoms with Gasteiger partial charge in [0.1, 0.15) is 5.69 Å². The molecule has 2 fully saturated rings. The van der Waals surface area contributed by atoms with Gasteiger partial charge in [-0.15, -0.1) is 0 Å². The van der Waals surface area contributed by atoms with E-state index < -0.39 is 0 Å². The lowest BCUT2D eigenvalue weighted by Gasteiger charge is -2.24. The van der Waals surface area contributed by atoms with E-state index in [-0.39, 0.29) is 6.04 Å². The van der Waals surface area contributed by atoms with Gasteiger partial charge >= 0.3 is 0 Å². The summed E-state index contributed by atoms with van der Waals surface area (Å²) in [6.07, 6.45) is 8.14. The Morgan fingerprint density at radius 2 is 2.14 bits per heavy atom. The van der Waals surface area contributed by atoms with Crippen LogP contribution < -0.4 is 5.32 Å². The van der Waals surface area contributed by atoms with Crippen LogP contribution in [0.25, 0.3) is 11.5 Å². The molecule has 21 heavy (non-hydrogen) atoms. The first-order valence-corrected chi connectivity index (χ1v) is 8.30. The lowest BCUT2D eigenvalue weighted by molar-refractivity contribution is 0.324. The molecule has 3 atom stereocenters.